The van der Waals surface area contributed by atoms with Crippen molar-refractivity contribution in [3.63, 3.8) is 0 Å². The average Bonchev–Trinajstić information content (AvgIpc) is 2.57. The van der Waals surface area contributed by atoms with Crippen LogP contribution in [0.2, 0.25) is 0 Å². The molecule has 1 aromatic rings. The van der Waals surface area contributed by atoms with Gasteiger partial charge in [-0.3, -0.25) is 9.90 Å². The molecule has 8 nitrogen and oxygen atoms in total. The molecule has 2 heterocycles. The molecule has 0 aliphatic carbocycles. The van der Waals surface area contributed by atoms with E-state index in [0.29, 0.717) is 4.57 Å². The number of nitrogens with two attached hydrogens (primary N) is 1. The minimum absolute atomic E-state index is 0.199. The lowest BCUT2D eigenvalue weighted by molar-refractivity contribution is -0.352. The molecule has 8 heteroatoms. The summed E-state index contributed by atoms with van der Waals surface area (Å²) >= 11 is 0. The van der Waals surface area contributed by atoms with Crippen LogP contribution in [0.25, 0.3) is 5.88 Å². The number of hydrogen-bond acceptors (Lipinski definition) is 5. The Hall–Kier alpha value is -2.66. The summed E-state index contributed by atoms with van der Waals surface area (Å²) in [4.78, 5) is 25.9. The van der Waals surface area contributed by atoms with Crippen LogP contribution in [-0.2, 0) is 14.3 Å². The monoisotopic (exact) mass is 235 g/mol. The summed E-state index contributed by atoms with van der Waals surface area (Å²) in [5.41, 5.74) is 4.25. The molecule has 85 valence electrons. The minimum atomic E-state index is -1.06. The number of aliphatic hydroxyl groups is 1. The second-order valence-corrected chi connectivity index (χ2v) is 3.00. The van der Waals surface area contributed by atoms with Crippen LogP contribution >= 0.6 is 0 Å². The van der Waals surface area contributed by atoms with Gasteiger partial charge in [0.1, 0.15) is 0 Å². The minimum Gasteiger partial charge on any atom is -0.382 e. The Morgan fingerprint density at radius 2 is 2.18 bits per heavy atom. The first kappa shape index (κ1) is 10.8. The molecule has 0 bridgehead atoms. The largest absolute Gasteiger partial charge is 0.501 e. The summed E-state index contributed by atoms with van der Waals surface area (Å²) < 4.78 is 5.33. The van der Waals surface area contributed by atoms with E-state index in [1.807, 2.05) is 0 Å². The van der Waals surface area contributed by atoms with Crippen LogP contribution in [0.5, 0.6) is 0 Å². The second kappa shape index (κ2) is 3.73. The lowest BCUT2D eigenvalue weighted by Crippen LogP contribution is -2.22. The van der Waals surface area contributed by atoms with Crippen molar-refractivity contribution in [2.45, 2.75) is 0 Å². The molecular weight excluding hydrogens is 230 g/mol. The molecule has 1 aliphatic heterocycles. The van der Waals surface area contributed by atoms with Crippen molar-refractivity contribution >= 4 is 23.3 Å². The Labute approximate surface area is 93.9 Å². The van der Waals surface area contributed by atoms with Crippen LogP contribution in [-0.4, -0.2) is 32.8 Å². The first-order valence-corrected chi connectivity index (χ1v) is 4.35. The number of aromatic nitrogens is 2. The number of rotatable bonds is 2. The zero-order valence-corrected chi connectivity index (χ0v) is 8.26. The molecule has 0 fully saturated rings. The highest BCUT2D eigenvalue weighted by Crippen LogP contribution is 2.13. The SMILES string of the molecule is Nc1c#cn(C2=C([O])C(=O)C(CO)=[O+]2)c(=O)n1. The summed E-state index contributed by atoms with van der Waals surface area (Å²) in [5, 5.41) is 20.2. The first-order chi connectivity index (χ1) is 8.04. The summed E-state index contributed by atoms with van der Waals surface area (Å²) in [6, 6.07) is 2.25. The highest BCUT2D eigenvalue weighted by molar-refractivity contribution is 6.45. The number of hydrogen-bond donors (Lipinski definition) is 2. The number of aliphatic hydroxyl groups excluding tert-OH is 1. The normalized spacial score (nSPS) is 14.9. The molecular formula is C9H5N3O5+. The molecule has 1 aromatic heterocycles. The maximum absolute atomic E-state index is 11.4. The number of carbonyl (C=O) groups is 1. The molecule has 1 radical (unpaired) electrons. The van der Waals surface area contributed by atoms with Crippen molar-refractivity contribution in [1.82, 2.24) is 9.55 Å². The van der Waals surface area contributed by atoms with Gasteiger partial charge in [0.15, 0.2) is 12.4 Å². The van der Waals surface area contributed by atoms with Crippen molar-refractivity contribution in [3.8, 4) is 0 Å². The highest BCUT2D eigenvalue weighted by atomic mass is 16.4. The Kier molecular flexibility index (Phi) is 2.38. The third-order valence-electron chi connectivity index (χ3n) is 1.92. The van der Waals surface area contributed by atoms with Gasteiger partial charge < -0.3 is 10.8 Å². The fourth-order valence-corrected chi connectivity index (χ4v) is 1.16. The van der Waals surface area contributed by atoms with Gasteiger partial charge in [-0.15, -0.1) is 4.57 Å². The van der Waals surface area contributed by atoms with E-state index in [9.17, 15) is 14.7 Å². The molecule has 3 N–H and O–H groups in total. The lowest BCUT2D eigenvalue weighted by Gasteiger charge is -1.88. The fourth-order valence-electron chi connectivity index (χ4n) is 1.16. The zero-order chi connectivity index (χ0) is 12.6. The fraction of sp³-hybridized carbons (Fsp3) is 0.111. The van der Waals surface area contributed by atoms with E-state index in [-0.39, 0.29) is 5.82 Å². The van der Waals surface area contributed by atoms with Crippen LogP contribution in [0.1, 0.15) is 0 Å². The summed E-state index contributed by atoms with van der Waals surface area (Å²) in [7, 11) is 0. The van der Waals surface area contributed by atoms with Gasteiger partial charge >= 0.3 is 28.9 Å². The van der Waals surface area contributed by atoms with Crippen molar-refractivity contribution in [2.24, 2.45) is 0 Å². The number of nitrogens with zero attached hydrogens (tertiary/aromatic N) is 2. The van der Waals surface area contributed by atoms with Gasteiger partial charge in [0.25, 0.3) is 0 Å². The topological polar surface area (TPSA) is 129 Å². The molecule has 0 saturated carbocycles. The van der Waals surface area contributed by atoms with Gasteiger partial charge in [0.05, 0.1) is 0 Å². The summed E-state index contributed by atoms with van der Waals surface area (Å²) in [6.45, 7) is -0.741. The van der Waals surface area contributed by atoms with Gasteiger partial charge in [0, 0.05) is 6.20 Å². The number of carbonyl (C=O) groups excluding carboxylic acids is 2. The van der Waals surface area contributed by atoms with E-state index in [1.165, 1.54) is 0 Å². The number of allylic oxidation sites excluding steroid dienone is 1. The maximum atomic E-state index is 11.4. The van der Waals surface area contributed by atoms with E-state index < -0.39 is 35.5 Å². The number of ketones is 2. The molecule has 0 amide bonds. The van der Waals surface area contributed by atoms with Crippen LogP contribution in [0.3, 0.4) is 0 Å². The van der Waals surface area contributed by atoms with E-state index in [1.54, 1.807) is 0 Å². The zero-order valence-electron chi connectivity index (χ0n) is 8.26. The lowest BCUT2D eigenvalue weighted by atomic mass is 10.2. The Morgan fingerprint density at radius 1 is 1.47 bits per heavy atom. The molecule has 17 heavy (non-hydrogen) atoms. The van der Waals surface area contributed by atoms with Gasteiger partial charge in [-0.1, -0.05) is 0 Å². The van der Waals surface area contributed by atoms with Gasteiger partial charge in [-0.2, -0.15) is 9.41 Å². The molecule has 0 atom stereocenters. The van der Waals surface area contributed by atoms with Gasteiger partial charge in [-0.05, 0) is 6.07 Å². The Bertz CT molecular complexity index is 613. The molecule has 0 saturated heterocycles. The Balaban J connectivity index is 2.58. The quantitative estimate of drug-likeness (QED) is 0.438. The Morgan fingerprint density at radius 3 is 2.71 bits per heavy atom. The third kappa shape index (κ3) is 1.64. The molecule has 2 rings (SSSR count). The van der Waals surface area contributed by atoms with Crippen LogP contribution in [0, 0.1) is 12.3 Å². The predicted octanol–water partition coefficient (Wildman–Crippen LogP) is -2.34. The number of Topliss-reactive ketones (excluding diaryl/α,β-unsaturated/α-hetero) is 1. The van der Waals surface area contributed by atoms with Crippen LogP contribution in [0.15, 0.2) is 10.6 Å². The molecule has 0 aromatic carbocycles. The predicted molar refractivity (Wildman–Crippen MR) is 51.6 cm³/mol. The number of nitrogen functional groups attached to an aromatic ring is 1. The first-order valence-electron chi connectivity index (χ1n) is 4.35. The van der Waals surface area contributed by atoms with E-state index >= 15 is 0 Å². The average molecular weight is 235 g/mol. The van der Waals surface area contributed by atoms with Crippen molar-refractivity contribution in [3.05, 3.63) is 28.5 Å². The number of anilines is 1. The molecule has 1 aliphatic rings. The van der Waals surface area contributed by atoms with Crippen molar-refractivity contribution in [1.29, 1.82) is 0 Å². The molecule has 0 unspecified atom stereocenters. The van der Waals surface area contributed by atoms with Gasteiger partial charge in [0.2, 0.25) is 0 Å². The summed E-state index contributed by atoms with van der Waals surface area (Å²) in [5.74, 6) is -3.32. The van der Waals surface area contributed by atoms with E-state index in [4.69, 9.17) is 15.3 Å². The van der Waals surface area contributed by atoms with E-state index in [2.05, 4.69) is 17.2 Å². The van der Waals surface area contributed by atoms with Crippen LogP contribution < -0.4 is 11.4 Å². The van der Waals surface area contributed by atoms with Crippen molar-refractivity contribution in [2.75, 3.05) is 12.3 Å². The van der Waals surface area contributed by atoms with E-state index in [0.717, 1.165) is 0 Å². The van der Waals surface area contributed by atoms with Crippen LogP contribution in [0.4, 0.5) is 5.82 Å². The highest BCUT2D eigenvalue weighted by Gasteiger charge is 2.45. The standard InChI is InChI=1S/C9H4N3O5/c10-5-1-2-12(9(16)11-5)8-7(15)6(14)4(3-13)17-8/h13H,3H2,(H-,10,11,16)/p+1. The van der Waals surface area contributed by atoms with Crippen molar-refractivity contribution < 1.29 is 19.4 Å². The molecule has 0 spiro atoms. The second-order valence-electron chi connectivity index (χ2n) is 3.00. The maximum Gasteiger partial charge on any atom is 0.501 e. The van der Waals surface area contributed by atoms with Gasteiger partial charge in [-0.25, -0.2) is 4.79 Å². The third-order valence-corrected chi connectivity index (χ3v) is 1.92. The smallest absolute Gasteiger partial charge is 0.382 e. The summed E-state index contributed by atoms with van der Waals surface area (Å²) in [6.07, 6.45) is 2.20.